The Morgan fingerprint density at radius 1 is 1.35 bits per heavy atom. The molecule has 0 N–H and O–H groups in total. The predicted molar refractivity (Wildman–Crippen MR) is 77.1 cm³/mol. The van der Waals surface area contributed by atoms with Gasteiger partial charge >= 0.3 is 0 Å². The van der Waals surface area contributed by atoms with Crippen LogP contribution in [0.3, 0.4) is 0 Å². The summed E-state index contributed by atoms with van der Waals surface area (Å²) in [6.45, 7) is 0.321. The van der Waals surface area contributed by atoms with Gasteiger partial charge in [0.1, 0.15) is 0 Å². The molecule has 0 spiro atoms. The molecule has 2 aromatic rings. The van der Waals surface area contributed by atoms with Gasteiger partial charge in [-0.2, -0.15) is 0 Å². The molecule has 0 saturated carbocycles. The first-order chi connectivity index (χ1) is 9.49. The third-order valence-corrected chi connectivity index (χ3v) is 3.19. The standard InChI is InChI=1S/C14H14ClN3O2/c1-17(2)14(20)10-3-4-11(12(15)7-10)8-18-9-16-6-5-13(18)19/h3-7,9H,8H2,1-2H3. The SMILES string of the molecule is CN(C)C(=O)c1ccc(Cn2cnccc2=O)c(Cl)c1. The van der Waals surface area contributed by atoms with Crippen molar-refractivity contribution in [1.29, 1.82) is 0 Å². The minimum absolute atomic E-state index is 0.114. The maximum Gasteiger partial charge on any atom is 0.253 e. The number of amides is 1. The molecule has 0 radical (unpaired) electrons. The lowest BCUT2D eigenvalue weighted by molar-refractivity contribution is 0.0827. The van der Waals surface area contributed by atoms with Gasteiger partial charge in [-0.25, -0.2) is 4.98 Å². The van der Waals surface area contributed by atoms with Gasteiger partial charge in [0, 0.05) is 36.9 Å². The highest BCUT2D eigenvalue weighted by Crippen LogP contribution is 2.19. The highest BCUT2D eigenvalue weighted by atomic mass is 35.5. The zero-order valence-electron chi connectivity index (χ0n) is 11.2. The fraction of sp³-hybridized carbons (Fsp3) is 0.214. The second kappa shape index (κ2) is 5.88. The van der Waals surface area contributed by atoms with E-state index < -0.39 is 0 Å². The van der Waals surface area contributed by atoms with Gasteiger partial charge in [-0.3, -0.25) is 14.2 Å². The van der Waals surface area contributed by atoms with E-state index in [1.807, 2.05) is 0 Å². The molecule has 0 saturated heterocycles. The Bertz CT molecular complexity index is 695. The smallest absolute Gasteiger partial charge is 0.253 e. The number of rotatable bonds is 3. The maximum atomic E-state index is 11.8. The van der Waals surface area contributed by atoms with E-state index in [0.29, 0.717) is 17.1 Å². The zero-order valence-corrected chi connectivity index (χ0v) is 12.0. The number of carbonyl (C=O) groups excluding carboxylic acids is 1. The molecule has 1 aromatic carbocycles. The molecule has 5 nitrogen and oxygen atoms in total. The van der Waals surface area contributed by atoms with E-state index in [4.69, 9.17) is 11.6 Å². The normalized spacial score (nSPS) is 10.3. The van der Waals surface area contributed by atoms with Gasteiger partial charge in [-0.05, 0) is 17.7 Å². The van der Waals surface area contributed by atoms with Crippen molar-refractivity contribution in [3.8, 4) is 0 Å². The molecular weight excluding hydrogens is 278 g/mol. The van der Waals surface area contributed by atoms with Gasteiger partial charge in [0.25, 0.3) is 11.5 Å². The van der Waals surface area contributed by atoms with E-state index in [0.717, 1.165) is 5.56 Å². The van der Waals surface area contributed by atoms with Crippen molar-refractivity contribution in [2.75, 3.05) is 14.1 Å². The number of benzene rings is 1. The van der Waals surface area contributed by atoms with Crippen molar-refractivity contribution in [2.24, 2.45) is 0 Å². The van der Waals surface area contributed by atoms with Crippen LogP contribution in [0.25, 0.3) is 0 Å². The molecule has 0 bridgehead atoms. The molecule has 0 atom stereocenters. The Balaban J connectivity index is 2.29. The number of aromatic nitrogens is 2. The fourth-order valence-corrected chi connectivity index (χ4v) is 1.99. The van der Waals surface area contributed by atoms with Crippen molar-refractivity contribution in [3.05, 3.63) is 63.3 Å². The maximum absolute atomic E-state index is 11.8. The first-order valence-corrected chi connectivity index (χ1v) is 6.37. The highest BCUT2D eigenvalue weighted by molar-refractivity contribution is 6.31. The molecular formula is C14H14ClN3O2. The van der Waals surface area contributed by atoms with E-state index in [1.165, 1.54) is 28.1 Å². The first-order valence-electron chi connectivity index (χ1n) is 5.99. The van der Waals surface area contributed by atoms with Crippen LogP contribution in [0.15, 0.2) is 41.6 Å². The van der Waals surface area contributed by atoms with Crippen LogP contribution in [-0.2, 0) is 6.54 Å². The van der Waals surface area contributed by atoms with E-state index in [-0.39, 0.29) is 11.5 Å². The number of hydrogen-bond acceptors (Lipinski definition) is 3. The lowest BCUT2D eigenvalue weighted by Gasteiger charge is -2.12. The van der Waals surface area contributed by atoms with Gasteiger partial charge in [0.2, 0.25) is 0 Å². The van der Waals surface area contributed by atoms with Crippen LogP contribution in [-0.4, -0.2) is 34.5 Å². The monoisotopic (exact) mass is 291 g/mol. The number of hydrogen-bond donors (Lipinski definition) is 0. The van der Waals surface area contributed by atoms with E-state index in [2.05, 4.69) is 4.98 Å². The van der Waals surface area contributed by atoms with Crippen molar-refractivity contribution in [3.63, 3.8) is 0 Å². The molecule has 0 fully saturated rings. The lowest BCUT2D eigenvalue weighted by atomic mass is 10.1. The zero-order chi connectivity index (χ0) is 14.7. The molecule has 6 heteroatoms. The van der Waals surface area contributed by atoms with Crippen molar-refractivity contribution >= 4 is 17.5 Å². The summed E-state index contributed by atoms with van der Waals surface area (Å²) in [6.07, 6.45) is 2.90. The molecule has 1 heterocycles. The van der Waals surface area contributed by atoms with Crippen LogP contribution < -0.4 is 5.56 Å². The van der Waals surface area contributed by atoms with Crippen molar-refractivity contribution in [2.45, 2.75) is 6.54 Å². The van der Waals surface area contributed by atoms with Gasteiger partial charge in [-0.15, -0.1) is 0 Å². The summed E-state index contributed by atoms with van der Waals surface area (Å²) in [6, 6.07) is 6.45. The Hall–Kier alpha value is -2.14. The summed E-state index contributed by atoms with van der Waals surface area (Å²) in [5.74, 6) is -0.114. The second-order valence-electron chi connectivity index (χ2n) is 4.55. The number of nitrogens with zero attached hydrogens (tertiary/aromatic N) is 3. The third kappa shape index (κ3) is 3.05. The number of halogens is 1. The minimum atomic E-state index is -0.149. The quantitative estimate of drug-likeness (QED) is 0.864. The second-order valence-corrected chi connectivity index (χ2v) is 4.96. The molecule has 0 aliphatic rings. The number of carbonyl (C=O) groups is 1. The summed E-state index contributed by atoms with van der Waals surface area (Å²) >= 11 is 6.17. The Labute approximate surface area is 121 Å². The molecule has 20 heavy (non-hydrogen) atoms. The summed E-state index contributed by atoms with van der Waals surface area (Å²) in [5.41, 5.74) is 1.13. The van der Waals surface area contributed by atoms with Crippen LogP contribution in [0.5, 0.6) is 0 Å². The van der Waals surface area contributed by atoms with E-state index in [9.17, 15) is 9.59 Å². The van der Waals surface area contributed by atoms with Crippen LogP contribution in [0.1, 0.15) is 15.9 Å². The summed E-state index contributed by atoms with van der Waals surface area (Å²) in [7, 11) is 3.36. The van der Waals surface area contributed by atoms with Crippen LogP contribution >= 0.6 is 11.6 Å². The minimum Gasteiger partial charge on any atom is -0.345 e. The molecule has 2 rings (SSSR count). The van der Waals surface area contributed by atoms with Gasteiger partial charge in [0.15, 0.2) is 0 Å². The van der Waals surface area contributed by atoms with Crippen LogP contribution in [0.4, 0.5) is 0 Å². The molecule has 1 amide bonds. The topological polar surface area (TPSA) is 55.2 Å². The molecule has 104 valence electrons. The molecule has 0 aliphatic carbocycles. The van der Waals surface area contributed by atoms with Crippen LogP contribution in [0, 0.1) is 0 Å². The first kappa shape index (κ1) is 14.3. The Morgan fingerprint density at radius 3 is 2.70 bits per heavy atom. The Kier molecular flexibility index (Phi) is 4.20. The Morgan fingerprint density at radius 2 is 2.10 bits per heavy atom. The van der Waals surface area contributed by atoms with Gasteiger partial charge < -0.3 is 4.90 Å². The molecule has 1 aromatic heterocycles. The summed E-state index contributed by atoms with van der Waals surface area (Å²) < 4.78 is 1.45. The largest absolute Gasteiger partial charge is 0.345 e. The lowest BCUT2D eigenvalue weighted by Crippen LogP contribution is -2.22. The fourth-order valence-electron chi connectivity index (χ4n) is 1.75. The van der Waals surface area contributed by atoms with Crippen molar-refractivity contribution in [1.82, 2.24) is 14.5 Å². The third-order valence-electron chi connectivity index (χ3n) is 2.84. The van der Waals surface area contributed by atoms with Gasteiger partial charge in [-0.1, -0.05) is 17.7 Å². The predicted octanol–water partition coefficient (Wildman–Crippen LogP) is 1.65. The van der Waals surface area contributed by atoms with Crippen molar-refractivity contribution < 1.29 is 4.79 Å². The summed E-state index contributed by atoms with van der Waals surface area (Å²) in [5, 5.41) is 0.452. The van der Waals surface area contributed by atoms with Crippen LogP contribution in [0.2, 0.25) is 5.02 Å². The molecule has 0 aliphatic heterocycles. The van der Waals surface area contributed by atoms with E-state index >= 15 is 0 Å². The molecule has 0 unspecified atom stereocenters. The highest BCUT2D eigenvalue weighted by Gasteiger charge is 2.11. The van der Waals surface area contributed by atoms with Gasteiger partial charge in [0.05, 0.1) is 12.9 Å². The summed E-state index contributed by atoms with van der Waals surface area (Å²) in [4.78, 5) is 28.8. The average Bonchev–Trinajstić information content (AvgIpc) is 2.42. The van der Waals surface area contributed by atoms with E-state index in [1.54, 1.807) is 32.3 Å². The average molecular weight is 292 g/mol.